The number of rotatable bonds is 6. The third-order valence-electron chi connectivity index (χ3n) is 5.75. The van der Waals surface area contributed by atoms with Gasteiger partial charge in [0.05, 0.1) is 19.1 Å². The summed E-state index contributed by atoms with van der Waals surface area (Å²) in [5.74, 6) is 0.249. The van der Waals surface area contributed by atoms with Gasteiger partial charge >= 0.3 is 5.97 Å². The number of aliphatic carboxylic acids is 1. The zero-order valence-electron chi connectivity index (χ0n) is 15.3. The highest BCUT2D eigenvalue weighted by Gasteiger charge is 2.54. The van der Waals surface area contributed by atoms with Gasteiger partial charge in [0.15, 0.2) is 0 Å². The van der Waals surface area contributed by atoms with Crippen LogP contribution in [0.4, 0.5) is 0 Å². The van der Waals surface area contributed by atoms with Gasteiger partial charge in [0, 0.05) is 32.2 Å². The van der Waals surface area contributed by atoms with Crippen molar-refractivity contribution in [2.24, 2.45) is 11.3 Å². The number of amides is 1. The second-order valence-electron chi connectivity index (χ2n) is 7.28. The van der Waals surface area contributed by atoms with Gasteiger partial charge in [-0.1, -0.05) is 24.6 Å². The summed E-state index contributed by atoms with van der Waals surface area (Å²) in [5, 5.41) is 9.65. The van der Waals surface area contributed by atoms with Crippen LogP contribution in [-0.2, 0) is 16.1 Å². The molecule has 0 bridgehead atoms. The van der Waals surface area contributed by atoms with Crippen molar-refractivity contribution in [3.05, 3.63) is 29.8 Å². The van der Waals surface area contributed by atoms with Crippen LogP contribution in [0.1, 0.15) is 24.8 Å². The quantitative estimate of drug-likeness (QED) is 0.817. The number of methoxy groups -OCH3 is 1. The van der Waals surface area contributed by atoms with Gasteiger partial charge in [0.2, 0.25) is 5.91 Å². The van der Waals surface area contributed by atoms with E-state index in [9.17, 15) is 14.7 Å². The van der Waals surface area contributed by atoms with E-state index < -0.39 is 11.4 Å². The van der Waals surface area contributed by atoms with Crippen molar-refractivity contribution < 1.29 is 19.4 Å². The normalized spacial score (nSPS) is 24.6. The van der Waals surface area contributed by atoms with Gasteiger partial charge in [-0.2, -0.15) is 0 Å². The van der Waals surface area contributed by atoms with Crippen molar-refractivity contribution in [1.29, 1.82) is 0 Å². The number of ether oxygens (including phenoxy) is 1. The van der Waals surface area contributed by atoms with Crippen LogP contribution in [0.15, 0.2) is 24.3 Å². The molecule has 1 aliphatic carbocycles. The fraction of sp³-hybridized carbons (Fsp3) is 0.579. The van der Waals surface area contributed by atoms with Crippen molar-refractivity contribution in [3.63, 3.8) is 0 Å². The maximum absolute atomic E-state index is 12.6. The third kappa shape index (κ3) is 3.81. The number of benzene rings is 1. The largest absolute Gasteiger partial charge is 0.496 e. The Hall–Kier alpha value is -1.79. The maximum atomic E-state index is 12.6. The molecule has 2 atom stereocenters. The van der Waals surface area contributed by atoms with E-state index in [0.29, 0.717) is 19.6 Å². The maximum Gasteiger partial charge on any atom is 0.311 e. The molecule has 3 rings (SSSR count). The van der Waals surface area contributed by atoms with Crippen molar-refractivity contribution in [2.75, 3.05) is 33.8 Å². The van der Waals surface area contributed by atoms with Gasteiger partial charge in [0.1, 0.15) is 5.75 Å². The van der Waals surface area contributed by atoms with Crippen LogP contribution in [0.2, 0.25) is 0 Å². The minimum atomic E-state index is -0.702. The molecule has 1 aromatic carbocycles. The average molecular weight is 383 g/mol. The van der Waals surface area contributed by atoms with Gasteiger partial charge in [-0.05, 0) is 24.8 Å². The highest BCUT2D eigenvalue weighted by atomic mass is 35.5. The Morgan fingerprint density at radius 2 is 2.12 bits per heavy atom. The lowest BCUT2D eigenvalue weighted by Gasteiger charge is -2.25. The number of likely N-dealkylation sites (tertiary alicyclic amines) is 1. The molecule has 2 aliphatic rings. The van der Waals surface area contributed by atoms with Crippen molar-refractivity contribution >= 4 is 24.3 Å². The molecule has 1 heterocycles. The van der Waals surface area contributed by atoms with E-state index in [1.807, 2.05) is 29.2 Å². The minimum Gasteiger partial charge on any atom is -0.496 e. The number of carbonyl (C=O) groups excluding carboxylic acids is 1. The SMILES string of the molecule is COc1ccccc1CN(C)C(=O)CN1C[C@@H]2CCC[C@@]2(C(=O)O)C1.Cl. The van der Waals surface area contributed by atoms with E-state index in [1.54, 1.807) is 19.1 Å². The molecule has 144 valence electrons. The number of likely N-dealkylation sites (N-methyl/N-ethyl adjacent to an activating group) is 1. The van der Waals surface area contributed by atoms with Gasteiger partial charge < -0.3 is 14.7 Å². The lowest BCUT2D eigenvalue weighted by Crippen LogP contribution is -2.40. The Labute approximate surface area is 160 Å². The van der Waals surface area contributed by atoms with Crippen LogP contribution in [0.3, 0.4) is 0 Å². The number of carboxylic acid groups (broad SMARTS) is 1. The van der Waals surface area contributed by atoms with Gasteiger partial charge in [0.25, 0.3) is 0 Å². The number of para-hydroxylation sites is 1. The summed E-state index contributed by atoms with van der Waals surface area (Å²) < 4.78 is 5.34. The fourth-order valence-electron chi connectivity index (χ4n) is 4.35. The van der Waals surface area contributed by atoms with E-state index in [4.69, 9.17) is 4.74 Å². The highest BCUT2D eigenvalue weighted by molar-refractivity contribution is 5.85. The van der Waals surface area contributed by atoms with E-state index >= 15 is 0 Å². The lowest BCUT2D eigenvalue weighted by molar-refractivity contribution is -0.149. The first-order valence-electron chi connectivity index (χ1n) is 8.78. The second-order valence-corrected chi connectivity index (χ2v) is 7.28. The average Bonchev–Trinajstić information content (AvgIpc) is 3.13. The minimum absolute atomic E-state index is 0. The molecule has 6 nitrogen and oxygen atoms in total. The summed E-state index contributed by atoms with van der Waals surface area (Å²) in [6, 6.07) is 7.65. The van der Waals surface area contributed by atoms with Crippen LogP contribution in [0, 0.1) is 11.3 Å². The summed E-state index contributed by atoms with van der Waals surface area (Å²) >= 11 is 0. The Morgan fingerprint density at radius 1 is 1.38 bits per heavy atom. The molecule has 0 aromatic heterocycles. The summed E-state index contributed by atoms with van der Waals surface area (Å²) in [6.07, 6.45) is 2.66. The molecule has 7 heteroatoms. The molecule has 0 radical (unpaired) electrons. The first-order valence-corrected chi connectivity index (χ1v) is 8.78. The summed E-state index contributed by atoms with van der Waals surface area (Å²) in [4.78, 5) is 28.0. The number of hydrogen-bond donors (Lipinski definition) is 1. The molecule has 1 aliphatic heterocycles. The Bertz CT molecular complexity index is 669. The first-order chi connectivity index (χ1) is 12.0. The molecule has 1 aromatic rings. The van der Waals surface area contributed by atoms with E-state index in [1.165, 1.54) is 0 Å². The second kappa shape index (κ2) is 8.27. The summed E-state index contributed by atoms with van der Waals surface area (Å²) in [5.41, 5.74) is 0.322. The molecule has 26 heavy (non-hydrogen) atoms. The van der Waals surface area contributed by atoms with Crippen LogP contribution in [-0.4, -0.2) is 60.6 Å². The Kier molecular flexibility index (Phi) is 6.53. The van der Waals surface area contributed by atoms with Gasteiger partial charge in [-0.25, -0.2) is 0 Å². The highest BCUT2D eigenvalue weighted by Crippen LogP contribution is 2.48. The summed E-state index contributed by atoms with van der Waals surface area (Å²) in [7, 11) is 3.40. The van der Waals surface area contributed by atoms with Crippen LogP contribution < -0.4 is 4.74 Å². The van der Waals surface area contributed by atoms with Crippen molar-refractivity contribution in [3.8, 4) is 5.75 Å². The number of hydrogen-bond acceptors (Lipinski definition) is 4. The van der Waals surface area contributed by atoms with Crippen molar-refractivity contribution in [2.45, 2.75) is 25.8 Å². The van der Waals surface area contributed by atoms with Gasteiger partial charge in [-0.15, -0.1) is 12.4 Å². The molecular weight excluding hydrogens is 356 g/mol. The Morgan fingerprint density at radius 3 is 2.77 bits per heavy atom. The molecule has 1 amide bonds. The molecule has 0 spiro atoms. The molecule has 1 N–H and O–H groups in total. The smallest absolute Gasteiger partial charge is 0.311 e. The standard InChI is InChI=1S/C19H26N2O4.ClH/c1-20(10-14-6-3-4-8-16(14)25-2)17(22)12-21-11-15-7-5-9-19(15,13-21)18(23)24;/h3-4,6,8,15H,5,7,9-13H2,1-2H3,(H,23,24);1H/t15-,19+;/m0./s1. The number of carbonyl (C=O) groups is 2. The molecule has 2 fully saturated rings. The van der Waals surface area contributed by atoms with Crippen LogP contribution in [0.5, 0.6) is 5.75 Å². The number of halogens is 1. The number of nitrogens with zero attached hydrogens (tertiary/aromatic N) is 2. The summed E-state index contributed by atoms with van der Waals surface area (Å²) in [6.45, 7) is 1.95. The molecular formula is C19H27ClN2O4. The van der Waals surface area contributed by atoms with E-state index in [0.717, 1.165) is 30.6 Å². The predicted octanol–water partition coefficient (Wildman–Crippen LogP) is 2.26. The molecule has 0 unspecified atom stereocenters. The van der Waals surface area contributed by atoms with E-state index in [-0.39, 0.29) is 30.8 Å². The predicted molar refractivity (Wildman–Crippen MR) is 101 cm³/mol. The van der Waals surface area contributed by atoms with Crippen molar-refractivity contribution in [1.82, 2.24) is 9.80 Å². The number of carboxylic acids is 1. The Balaban J connectivity index is 0.00000243. The zero-order valence-corrected chi connectivity index (χ0v) is 16.1. The lowest BCUT2D eigenvalue weighted by atomic mass is 9.81. The first kappa shape index (κ1) is 20.5. The fourth-order valence-corrected chi connectivity index (χ4v) is 4.35. The monoisotopic (exact) mass is 382 g/mol. The molecule has 1 saturated carbocycles. The van der Waals surface area contributed by atoms with E-state index in [2.05, 4.69) is 0 Å². The third-order valence-corrected chi connectivity index (χ3v) is 5.75. The van der Waals surface area contributed by atoms with Crippen LogP contribution in [0.25, 0.3) is 0 Å². The topological polar surface area (TPSA) is 70.1 Å². The zero-order chi connectivity index (χ0) is 18.0. The number of fused-ring (bicyclic) bond motifs is 1. The van der Waals surface area contributed by atoms with Gasteiger partial charge in [-0.3, -0.25) is 14.5 Å². The van der Waals surface area contributed by atoms with Crippen LogP contribution >= 0.6 is 12.4 Å². The molecule has 1 saturated heterocycles.